The fourth-order valence-electron chi connectivity index (χ4n) is 2.36. The number of benzene rings is 2. The fraction of sp³-hybridized carbons (Fsp3) is 0.111. The topological polar surface area (TPSA) is 107 Å². The molecule has 27 heavy (non-hydrogen) atoms. The number of carbonyl (C=O) groups excluding carboxylic acids is 1. The van der Waals surface area contributed by atoms with Gasteiger partial charge in [-0.3, -0.25) is 4.79 Å². The van der Waals surface area contributed by atoms with Crippen molar-refractivity contribution in [1.82, 2.24) is 19.9 Å². The Morgan fingerprint density at radius 3 is 2.59 bits per heavy atom. The summed E-state index contributed by atoms with van der Waals surface area (Å²) in [4.78, 5) is 24.1. The van der Waals surface area contributed by atoms with Gasteiger partial charge in [-0.2, -0.15) is 14.9 Å². The van der Waals surface area contributed by atoms with E-state index in [0.717, 1.165) is 20.5 Å². The van der Waals surface area contributed by atoms with Crippen LogP contribution in [-0.2, 0) is 17.8 Å². The average molecular weight is 385 g/mol. The minimum Gasteiger partial charge on any atom is -0.333 e. The van der Waals surface area contributed by atoms with Gasteiger partial charge in [0.25, 0.3) is 5.91 Å². The minimum atomic E-state index is -0.582. The molecule has 8 nitrogen and oxygen atoms in total. The lowest BCUT2D eigenvalue weighted by Gasteiger charge is -2.00. The molecule has 0 aliphatic carbocycles. The van der Waals surface area contributed by atoms with E-state index in [1.165, 1.54) is 6.21 Å². The molecule has 1 amide bonds. The van der Waals surface area contributed by atoms with Crippen molar-refractivity contribution in [3.05, 3.63) is 87.1 Å². The summed E-state index contributed by atoms with van der Waals surface area (Å²) in [6.07, 6.45) is 1.85. The number of nitrogens with one attached hydrogen (secondary N) is 1. The maximum Gasteiger partial charge on any atom is 0.365 e. The number of amides is 1. The maximum atomic E-state index is 12.2. The molecule has 0 radical (unpaired) electrons. The Balaban J connectivity index is 1.64. The lowest BCUT2D eigenvalue weighted by molar-refractivity contribution is -0.121. The number of rotatable bonds is 6. The van der Waals surface area contributed by atoms with Crippen molar-refractivity contribution in [2.24, 2.45) is 5.10 Å². The molecule has 1 aromatic heterocycles. The number of hydrogen-bond acceptors (Lipinski definition) is 5. The normalized spacial score (nSPS) is 11.0. The van der Waals surface area contributed by atoms with Crippen LogP contribution in [-0.4, -0.2) is 26.6 Å². The van der Waals surface area contributed by atoms with Gasteiger partial charge in [-0.05, 0) is 23.3 Å². The van der Waals surface area contributed by atoms with Crippen LogP contribution in [0.15, 0.2) is 64.5 Å². The van der Waals surface area contributed by atoms with Gasteiger partial charge in [0.1, 0.15) is 6.54 Å². The first-order valence-electron chi connectivity index (χ1n) is 8.08. The second-order valence-electron chi connectivity index (χ2n) is 5.73. The van der Waals surface area contributed by atoms with Crippen LogP contribution in [0.1, 0.15) is 17.0 Å². The Hall–Kier alpha value is -3.39. The number of carbonyl (C=O) groups is 1. The summed E-state index contributed by atoms with van der Waals surface area (Å²) in [6.45, 7) is -0.289. The zero-order valence-corrected chi connectivity index (χ0v) is 15.0. The van der Waals surface area contributed by atoms with Crippen LogP contribution >= 0.6 is 11.6 Å². The van der Waals surface area contributed by atoms with E-state index in [0.29, 0.717) is 17.3 Å². The van der Waals surface area contributed by atoms with E-state index in [2.05, 4.69) is 15.6 Å². The van der Waals surface area contributed by atoms with Gasteiger partial charge in [0, 0.05) is 11.4 Å². The van der Waals surface area contributed by atoms with Gasteiger partial charge in [0.05, 0.1) is 6.21 Å². The first kappa shape index (κ1) is 18.4. The molecule has 0 bridgehead atoms. The number of hydrazone groups is 1. The van der Waals surface area contributed by atoms with Crippen LogP contribution < -0.4 is 17.0 Å². The van der Waals surface area contributed by atoms with Gasteiger partial charge in [0.2, 0.25) is 0 Å². The highest BCUT2D eigenvalue weighted by Crippen LogP contribution is 2.11. The van der Waals surface area contributed by atoms with Gasteiger partial charge in [-0.15, -0.1) is 0 Å². The van der Waals surface area contributed by atoms with Crippen LogP contribution in [0, 0.1) is 0 Å². The van der Waals surface area contributed by atoms with E-state index in [1.54, 1.807) is 12.1 Å². The van der Waals surface area contributed by atoms with Crippen molar-refractivity contribution in [1.29, 1.82) is 0 Å². The Labute approximate surface area is 159 Å². The van der Waals surface area contributed by atoms with E-state index in [1.807, 2.05) is 42.5 Å². The SMILES string of the molecule is Nn1c(Cc2ccc(Cl)cc2)nn(CC(=O)NN=Cc2ccccc2)c1=O. The monoisotopic (exact) mass is 384 g/mol. The van der Waals surface area contributed by atoms with E-state index < -0.39 is 11.6 Å². The van der Waals surface area contributed by atoms with Crippen LogP contribution in [0.25, 0.3) is 0 Å². The van der Waals surface area contributed by atoms with Crippen molar-refractivity contribution >= 4 is 23.7 Å². The molecule has 3 rings (SSSR count). The number of nitrogen functional groups attached to an aromatic ring is 1. The molecule has 0 aliphatic heterocycles. The molecule has 2 aromatic carbocycles. The minimum absolute atomic E-state index is 0.289. The second kappa shape index (κ2) is 8.33. The maximum absolute atomic E-state index is 12.2. The zero-order valence-electron chi connectivity index (χ0n) is 14.2. The Morgan fingerprint density at radius 2 is 1.89 bits per heavy atom. The third kappa shape index (κ3) is 4.83. The van der Waals surface area contributed by atoms with E-state index in [9.17, 15) is 9.59 Å². The van der Waals surface area contributed by atoms with Crippen molar-refractivity contribution in [2.45, 2.75) is 13.0 Å². The standard InChI is InChI=1S/C18H17ClN6O2/c19-15-8-6-13(7-9-15)10-16-23-24(18(27)25(16)20)12-17(26)22-21-11-14-4-2-1-3-5-14/h1-9,11H,10,12,20H2,(H,22,26). The van der Waals surface area contributed by atoms with Crippen molar-refractivity contribution in [2.75, 3.05) is 5.84 Å². The van der Waals surface area contributed by atoms with Crippen LogP contribution in [0.2, 0.25) is 5.02 Å². The molecule has 0 fully saturated rings. The number of nitrogens with zero attached hydrogens (tertiary/aromatic N) is 4. The van der Waals surface area contributed by atoms with E-state index in [-0.39, 0.29) is 6.54 Å². The summed E-state index contributed by atoms with van der Waals surface area (Å²) >= 11 is 5.86. The number of aromatic nitrogens is 3. The molecular formula is C18H17ClN6O2. The fourth-order valence-corrected chi connectivity index (χ4v) is 2.49. The molecule has 138 valence electrons. The van der Waals surface area contributed by atoms with Gasteiger partial charge in [-0.1, -0.05) is 54.1 Å². The van der Waals surface area contributed by atoms with E-state index >= 15 is 0 Å². The van der Waals surface area contributed by atoms with Crippen LogP contribution in [0.4, 0.5) is 0 Å². The van der Waals surface area contributed by atoms with Crippen LogP contribution in [0.3, 0.4) is 0 Å². The second-order valence-corrected chi connectivity index (χ2v) is 6.17. The quantitative estimate of drug-likeness (QED) is 0.377. The molecule has 0 atom stereocenters. The van der Waals surface area contributed by atoms with Gasteiger partial charge < -0.3 is 5.84 Å². The molecule has 3 aromatic rings. The van der Waals surface area contributed by atoms with Crippen molar-refractivity contribution in [3.63, 3.8) is 0 Å². The number of hydrogen-bond donors (Lipinski definition) is 2. The van der Waals surface area contributed by atoms with Crippen molar-refractivity contribution in [3.8, 4) is 0 Å². The highest BCUT2D eigenvalue weighted by molar-refractivity contribution is 6.30. The zero-order chi connectivity index (χ0) is 19.2. The number of nitrogens with two attached hydrogens (primary N) is 1. The molecule has 0 saturated carbocycles. The molecule has 0 spiro atoms. The predicted molar refractivity (Wildman–Crippen MR) is 103 cm³/mol. The molecule has 0 saturated heterocycles. The lowest BCUT2D eigenvalue weighted by atomic mass is 10.1. The van der Waals surface area contributed by atoms with Gasteiger partial charge >= 0.3 is 5.69 Å². The highest BCUT2D eigenvalue weighted by Gasteiger charge is 2.14. The Morgan fingerprint density at radius 1 is 1.19 bits per heavy atom. The average Bonchev–Trinajstić information content (AvgIpc) is 2.92. The predicted octanol–water partition coefficient (Wildman–Crippen LogP) is 1.15. The smallest absolute Gasteiger partial charge is 0.333 e. The third-order valence-electron chi connectivity index (χ3n) is 3.71. The summed E-state index contributed by atoms with van der Waals surface area (Å²) in [7, 11) is 0. The largest absolute Gasteiger partial charge is 0.365 e. The molecule has 0 unspecified atom stereocenters. The van der Waals surface area contributed by atoms with Crippen molar-refractivity contribution < 1.29 is 4.79 Å². The number of halogens is 1. The molecule has 0 aliphatic rings. The summed E-state index contributed by atoms with van der Waals surface area (Å²) < 4.78 is 1.92. The van der Waals surface area contributed by atoms with Gasteiger partial charge in [-0.25, -0.2) is 14.9 Å². The highest BCUT2D eigenvalue weighted by atomic mass is 35.5. The third-order valence-corrected chi connectivity index (χ3v) is 3.96. The first-order chi connectivity index (χ1) is 13.0. The Bertz CT molecular complexity index is 1010. The summed E-state index contributed by atoms with van der Waals surface area (Å²) in [5, 5.41) is 8.60. The van der Waals surface area contributed by atoms with E-state index in [4.69, 9.17) is 17.4 Å². The Kier molecular flexibility index (Phi) is 5.68. The summed E-state index contributed by atoms with van der Waals surface area (Å²) in [6, 6.07) is 16.4. The molecule has 1 heterocycles. The summed E-state index contributed by atoms with van der Waals surface area (Å²) in [5.41, 5.74) is 3.50. The van der Waals surface area contributed by atoms with Crippen LogP contribution in [0.5, 0.6) is 0 Å². The van der Waals surface area contributed by atoms with Gasteiger partial charge in [0.15, 0.2) is 5.82 Å². The molecule has 3 N–H and O–H groups in total. The molecule has 9 heteroatoms. The lowest BCUT2D eigenvalue weighted by Crippen LogP contribution is -2.34. The summed E-state index contributed by atoms with van der Waals surface area (Å²) in [5.74, 6) is 5.62. The molecular weight excluding hydrogens is 368 g/mol. The first-order valence-corrected chi connectivity index (χ1v) is 8.46.